The van der Waals surface area contributed by atoms with Gasteiger partial charge in [-0.1, -0.05) is 24.3 Å². The van der Waals surface area contributed by atoms with E-state index in [0.717, 1.165) is 16.6 Å². The van der Waals surface area contributed by atoms with Crippen LogP contribution in [-0.2, 0) is 6.42 Å². The maximum absolute atomic E-state index is 9.87. The molecule has 2 aromatic rings. The van der Waals surface area contributed by atoms with Gasteiger partial charge in [-0.15, -0.1) is 0 Å². The highest BCUT2D eigenvalue weighted by molar-refractivity contribution is 5.78. The first-order valence-corrected chi connectivity index (χ1v) is 5.86. The lowest BCUT2D eigenvalue weighted by Gasteiger charge is -2.08. The number of pyridine rings is 1. The van der Waals surface area contributed by atoms with E-state index in [1.54, 1.807) is 0 Å². The second-order valence-corrected chi connectivity index (χ2v) is 4.60. The van der Waals surface area contributed by atoms with Crippen molar-refractivity contribution in [3.63, 3.8) is 0 Å². The van der Waals surface area contributed by atoms with E-state index in [9.17, 15) is 5.11 Å². The predicted octanol–water partition coefficient (Wildman–Crippen LogP) is 2.55. The molecule has 0 amide bonds. The van der Waals surface area contributed by atoms with E-state index in [1.807, 2.05) is 24.3 Å². The van der Waals surface area contributed by atoms with E-state index in [-0.39, 0.29) is 6.10 Å². The molecule has 0 aliphatic heterocycles. The molecule has 1 aliphatic rings. The largest absolute Gasteiger partial charge is 0.392 e. The van der Waals surface area contributed by atoms with Gasteiger partial charge < -0.3 is 5.11 Å². The molecule has 1 aromatic carbocycles. The summed E-state index contributed by atoms with van der Waals surface area (Å²) in [7, 11) is 0. The van der Waals surface area contributed by atoms with Crippen LogP contribution in [0.25, 0.3) is 10.9 Å². The Morgan fingerprint density at radius 1 is 1.19 bits per heavy atom. The van der Waals surface area contributed by atoms with Crippen molar-refractivity contribution >= 4 is 10.9 Å². The standard InChI is InChI=1S/C14H15NO/c16-14(11-5-6-11)9-12-8-7-10-3-1-2-4-13(10)15-12/h1-4,7-8,11,14,16H,5-6,9H2. The van der Waals surface area contributed by atoms with Gasteiger partial charge in [0.05, 0.1) is 11.6 Å². The van der Waals surface area contributed by atoms with Crippen LogP contribution in [0.4, 0.5) is 0 Å². The van der Waals surface area contributed by atoms with Gasteiger partial charge in [0.25, 0.3) is 0 Å². The van der Waals surface area contributed by atoms with Gasteiger partial charge in [0.1, 0.15) is 0 Å². The van der Waals surface area contributed by atoms with Crippen LogP contribution in [0.2, 0.25) is 0 Å². The van der Waals surface area contributed by atoms with E-state index < -0.39 is 0 Å². The molecule has 2 nitrogen and oxygen atoms in total. The third kappa shape index (κ3) is 1.93. The van der Waals surface area contributed by atoms with Crippen LogP contribution in [0.5, 0.6) is 0 Å². The van der Waals surface area contributed by atoms with Crippen molar-refractivity contribution in [3.8, 4) is 0 Å². The fourth-order valence-electron chi connectivity index (χ4n) is 2.08. The number of rotatable bonds is 3. The summed E-state index contributed by atoms with van der Waals surface area (Å²) in [5, 5.41) is 11.0. The van der Waals surface area contributed by atoms with E-state index in [0.29, 0.717) is 12.3 Å². The van der Waals surface area contributed by atoms with Gasteiger partial charge in [0.15, 0.2) is 0 Å². The minimum absolute atomic E-state index is 0.200. The zero-order valence-electron chi connectivity index (χ0n) is 9.13. The Bertz CT molecular complexity index is 505. The number of aliphatic hydroxyl groups excluding tert-OH is 1. The summed E-state index contributed by atoms with van der Waals surface area (Å²) in [6.07, 6.45) is 2.84. The summed E-state index contributed by atoms with van der Waals surface area (Å²) in [5.74, 6) is 0.522. The fourth-order valence-corrected chi connectivity index (χ4v) is 2.08. The average Bonchev–Trinajstić information content (AvgIpc) is 3.12. The smallest absolute Gasteiger partial charge is 0.0705 e. The number of hydrogen-bond donors (Lipinski definition) is 1. The van der Waals surface area contributed by atoms with E-state index in [1.165, 1.54) is 12.8 Å². The Morgan fingerprint density at radius 2 is 2.00 bits per heavy atom. The van der Waals surface area contributed by atoms with Crippen molar-refractivity contribution in [1.82, 2.24) is 4.98 Å². The second kappa shape index (κ2) is 3.87. The molecule has 1 N–H and O–H groups in total. The lowest BCUT2D eigenvalue weighted by Crippen LogP contribution is -2.13. The molecule has 1 aromatic heterocycles. The average molecular weight is 213 g/mol. The van der Waals surface area contributed by atoms with E-state index in [2.05, 4.69) is 17.1 Å². The molecular formula is C14H15NO. The van der Waals surface area contributed by atoms with Gasteiger partial charge in [-0.3, -0.25) is 4.98 Å². The number of benzene rings is 1. The van der Waals surface area contributed by atoms with E-state index >= 15 is 0 Å². The van der Waals surface area contributed by atoms with Crippen LogP contribution in [-0.4, -0.2) is 16.2 Å². The molecule has 1 saturated carbocycles. The molecule has 1 fully saturated rings. The number of para-hydroxylation sites is 1. The summed E-state index contributed by atoms with van der Waals surface area (Å²) >= 11 is 0. The molecule has 0 spiro atoms. The first-order valence-electron chi connectivity index (χ1n) is 5.86. The van der Waals surface area contributed by atoms with Gasteiger partial charge in [-0.2, -0.15) is 0 Å². The minimum atomic E-state index is -0.200. The van der Waals surface area contributed by atoms with Crippen molar-refractivity contribution in [2.24, 2.45) is 5.92 Å². The molecule has 0 radical (unpaired) electrons. The van der Waals surface area contributed by atoms with Gasteiger partial charge in [-0.25, -0.2) is 0 Å². The summed E-state index contributed by atoms with van der Waals surface area (Å²) < 4.78 is 0. The molecule has 1 heterocycles. The summed E-state index contributed by atoms with van der Waals surface area (Å²) in [6.45, 7) is 0. The highest BCUT2D eigenvalue weighted by Crippen LogP contribution is 2.33. The molecule has 3 rings (SSSR count). The lowest BCUT2D eigenvalue weighted by molar-refractivity contribution is 0.150. The van der Waals surface area contributed by atoms with Gasteiger partial charge in [0.2, 0.25) is 0 Å². The maximum atomic E-state index is 9.87. The zero-order valence-corrected chi connectivity index (χ0v) is 9.13. The minimum Gasteiger partial charge on any atom is -0.392 e. The Kier molecular flexibility index (Phi) is 2.37. The van der Waals surface area contributed by atoms with Crippen molar-refractivity contribution < 1.29 is 5.11 Å². The third-order valence-corrected chi connectivity index (χ3v) is 3.24. The molecule has 1 unspecified atom stereocenters. The van der Waals surface area contributed by atoms with Crippen LogP contribution in [0.3, 0.4) is 0 Å². The van der Waals surface area contributed by atoms with Crippen LogP contribution in [0.1, 0.15) is 18.5 Å². The molecule has 1 aliphatic carbocycles. The Labute approximate surface area is 94.9 Å². The monoisotopic (exact) mass is 213 g/mol. The van der Waals surface area contributed by atoms with Crippen molar-refractivity contribution in [1.29, 1.82) is 0 Å². The van der Waals surface area contributed by atoms with Crippen LogP contribution in [0.15, 0.2) is 36.4 Å². The fraction of sp³-hybridized carbons (Fsp3) is 0.357. The number of nitrogens with zero attached hydrogens (tertiary/aromatic N) is 1. The molecule has 0 saturated heterocycles. The zero-order chi connectivity index (χ0) is 11.0. The molecule has 82 valence electrons. The molecule has 2 heteroatoms. The Balaban J connectivity index is 1.86. The number of aromatic nitrogens is 1. The van der Waals surface area contributed by atoms with E-state index in [4.69, 9.17) is 0 Å². The highest BCUT2D eigenvalue weighted by Gasteiger charge is 2.29. The first kappa shape index (κ1) is 9.79. The topological polar surface area (TPSA) is 33.1 Å². The maximum Gasteiger partial charge on any atom is 0.0705 e. The van der Waals surface area contributed by atoms with Crippen molar-refractivity contribution in [2.45, 2.75) is 25.4 Å². The van der Waals surface area contributed by atoms with Gasteiger partial charge >= 0.3 is 0 Å². The summed E-state index contributed by atoms with van der Waals surface area (Å²) in [5.41, 5.74) is 2.01. The van der Waals surface area contributed by atoms with Gasteiger partial charge in [0, 0.05) is 17.5 Å². The van der Waals surface area contributed by atoms with Gasteiger partial charge in [-0.05, 0) is 30.9 Å². The SMILES string of the molecule is OC(Cc1ccc2ccccc2n1)C1CC1. The van der Waals surface area contributed by atoms with Crippen LogP contribution >= 0.6 is 0 Å². The molecular weight excluding hydrogens is 198 g/mol. The van der Waals surface area contributed by atoms with Crippen LogP contribution in [0, 0.1) is 5.92 Å². The predicted molar refractivity (Wildman–Crippen MR) is 64.2 cm³/mol. The van der Waals surface area contributed by atoms with Crippen molar-refractivity contribution in [3.05, 3.63) is 42.1 Å². The quantitative estimate of drug-likeness (QED) is 0.850. The molecule has 1 atom stereocenters. The highest BCUT2D eigenvalue weighted by atomic mass is 16.3. The third-order valence-electron chi connectivity index (χ3n) is 3.24. The van der Waals surface area contributed by atoms with Crippen molar-refractivity contribution in [2.75, 3.05) is 0 Å². The Hall–Kier alpha value is -1.41. The normalized spacial score (nSPS) is 17.6. The number of fused-ring (bicyclic) bond motifs is 1. The molecule has 0 bridgehead atoms. The molecule has 16 heavy (non-hydrogen) atoms. The number of aliphatic hydroxyl groups is 1. The Morgan fingerprint density at radius 3 is 2.81 bits per heavy atom. The number of hydrogen-bond acceptors (Lipinski definition) is 2. The lowest BCUT2D eigenvalue weighted by atomic mass is 10.1. The van der Waals surface area contributed by atoms with Crippen LogP contribution < -0.4 is 0 Å². The summed E-state index contributed by atoms with van der Waals surface area (Å²) in [4.78, 5) is 4.57. The second-order valence-electron chi connectivity index (χ2n) is 4.60. The summed E-state index contributed by atoms with van der Waals surface area (Å²) in [6, 6.07) is 12.2. The first-order chi connectivity index (χ1) is 7.83.